The third kappa shape index (κ3) is 4.75. The Bertz CT molecular complexity index is 839. The number of carbonyl (C=O) groups is 1. The largest absolute Gasteiger partial charge is 0.454 e. The van der Waals surface area contributed by atoms with Gasteiger partial charge >= 0.3 is 0 Å². The summed E-state index contributed by atoms with van der Waals surface area (Å²) in [5.41, 5.74) is 1.80. The molecule has 1 saturated heterocycles. The molecule has 2 aromatic rings. The minimum atomic E-state index is -0.639. The first-order valence-corrected chi connectivity index (χ1v) is 10.4. The second-order valence-corrected chi connectivity index (χ2v) is 7.55. The van der Waals surface area contributed by atoms with E-state index in [-0.39, 0.29) is 12.7 Å². The van der Waals surface area contributed by atoms with Crippen molar-refractivity contribution in [1.29, 1.82) is 0 Å². The standard InChI is InChI=1S/C23H28N2O5/c1-27-22(18-6-3-2-4-7-18)23(26)25(11-10-24-12-14-28-15-13-24)16-19-8-5-9-20-21(19)30-17-29-20/h2-9,22H,10-17H2,1H3/p+1/t22-/m1/s1. The van der Waals surface area contributed by atoms with Crippen molar-refractivity contribution in [3.63, 3.8) is 0 Å². The van der Waals surface area contributed by atoms with Crippen LogP contribution in [0.3, 0.4) is 0 Å². The van der Waals surface area contributed by atoms with Gasteiger partial charge in [0.25, 0.3) is 5.91 Å². The van der Waals surface area contributed by atoms with Gasteiger partial charge in [0.1, 0.15) is 13.1 Å². The van der Waals surface area contributed by atoms with Crippen LogP contribution in [0.15, 0.2) is 48.5 Å². The molecule has 7 heteroatoms. The third-order valence-electron chi connectivity index (χ3n) is 5.65. The van der Waals surface area contributed by atoms with E-state index in [1.807, 2.05) is 53.4 Å². The molecule has 0 bridgehead atoms. The van der Waals surface area contributed by atoms with Crippen molar-refractivity contribution >= 4 is 5.91 Å². The molecule has 2 aromatic carbocycles. The average Bonchev–Trinajstić information content (AvgIpc) is 3.28. The molecule has 0 spiro atoms. The van der Waals surface area contributed by atoms with Crippen LogP contribution in [-0.2, 0) is 20.8 Å². The van der Waals surface area contributed by atoms with Crippen LogP contribution in [0.25, 0.3) is 0 Å². The molecule has 0 aliphatic carbocycles. The topological polar surface area (TPSA) is 61.7 Å². The summed E-state index contributed by atoms with van der Waals surface area (Å²) in [7, 11) is 1.58. The van der Waals surface area contributed by atoms with Crippen LogP contribution in [-0.4, -0.2) is 64.1 Å². The average molecular weight is 413 g/mol. The van der Waals surface area contributed by atoms with Gasteiger partial charge in [0.15, 0.2) is 17.6 Å². The highest BCUT2D eigenvalue weighted by Crippen LogP contribution is 2.36. The van der Waals surface area contributed by atoms with Crippen molar-refractivity contribution < 1.29 is 28.6 Å². The Kier molecular flexibility index (Phi) is 6.84. The molecule has 0 saturated carbocycles. The summed E-state index contributed by atoms with van der Waals surface area (Å²) >= 11 is 0. The highest BCUT2D eigenvalue weighted by atomic mass is 16.7. The number of carbonyl (C=O) groups excluding carboxylic acids is 1. The monoisotopic (exact) mass is 413 g/mol. The van der Waals surface area contributed by atoms with Crippen molar-refractivity contribution in [2.45, 2.75) is 12.6 Å². The highest BCUT2D eigenvalue weighted by molar-refractivity contribution is 5.82. The molecular formula is C23H29N2O5+. The molecule has 2 aliphatic heterocycles. The number of nitrogens with one attached hydrogen (secondary N) is 1. The van der Waals surface area contributed by atoms with E-state index in [0.29, 0.717) is 13.1 Å². The zero-order chi connectivity index (χ0) is 20.8. The van der Waals surface area contributed by atoms with Crippen molar-refractivity contribution in [3.05, 3.63) is 59.7 Å². The van der Waals surface area contributed by atoms with Gasteiger partial charge in [-0.1, -0.05) is 42.5 Å². The van der Waals surface area contributed by atoms with Gasteiger partial charge in [0, 0.05) is 19.2 Å². The lowest BCUT2D eigenvalue weighted by Gasteiger charge is -2.30. The quantitative estimate of drug-likeness (QED) is 0.701. The minimum absolute atomic E-state index is 0.0483. The van der Waals surface area contributed by atoms with Gasteiger partial charge in [-0.15, -0.1) is 0 Å². The summed E-state index contributed by atoms with van der Waals surface area (Å²) in [5, 5.41) is 0. The van der Waals surface area contributed by atoms with Crippen LogP contribution >= 0.6 is 0 Å². The van der Waals surface area contributed by atoms with Gasteiger partial charge < -0.3 is 28.7 Å². The number of ether oxygens (including phenoxy) is 4. The number of hydrogen-bond donors (Lipinski definition) is 1. The predicted molar refractivity (Wildman–Crippen MR) is 111 cm³/mol. The molecule has 30 heavy (non-hydrogen) atoms. The smallest absolute Gasteiger partial charge is 0.256 e. The van der Waals surface area contributed by atoms with Crippen molar-refractivity contribution in [3.8, 4) is 11.5 Å². The fraction of sp³-hybridized carbons (Fsp3) is 0.435. The molecular weight excluding hydrogens is 384 g/mol. The fourth-order valence-corrected chi connectivity index (χ4v) is 3.96. The second kappa shape index (κ2) is 9.93. The number of methoxy groups -OCH3 is 1. The first-order valence-electron chi connectivity index (χ1n) is 10.4. The first kappa shape index (κ1) is 20.7. The summed E-state index contributed by atoms with van der Waals surface area (Å²) in [4.78, 5) is 16.9. The van der Waals surface area contributed by atoms with Gasteiger partial charge in [-0.3, -0.25) is 4.79 Å². The number of hydrogen-bond acceptors (Lipinski definition) is 5. The third-order valence-corrected chi connectivity index (χ3v) is 5.65. The van der Waals surface area contributed by atoms with Gasteiger partial charge in [-0.2, -0.15) is 0 Å². The van der Waals surface area contributed by atoms with Crippen molar-refractivity contribution in [2.75, 3.05) is 53.3 Å². The van der Waals surface area contributed by atoms with Crippen molar-refractivity contribution in [2.24, 2.45) is 0 Å². The zero-order valence-corrected chi connectivity index (χ0v) is 17.3. The fourth-order valence-electron chi connectivity index (χ4n) is 3.96. The SMILES string of the molecule is CO[C@@H](C(=O)N(CC[NH+]1CCOCC1)Cc1cccc2c1OCO2)c1ccccc1. The number of morpholine rings is 1. The first-order chi connectivity index (χ1) is 14.8. The van der Waals surface area contributed by atoms with E-state index < -0.39 is 6.10 Å². The summed E-state index contributed by atoms with van der Waals surface area (Å²) in [6, 6.07) is 15.4. The number of fused-ring (bicyclic) bond motifs is 1. The van der Waals surface area contributed by atoms with E-state index in [1.165, 1.54) is 4.90 Å². The molecule has 1 amide bonds. The molecule has 2 heterocycles. The van der Waals surface area contributed by atoms with Crippen molar-refractivity contribution in [1.82, 2.24) is 4.90 Å². The molecule has 1 fully saturated rings. The highest BCUT2D eigenvalue weighted by Gasteiger charge is 2.29. The Labute approximate surface area is 177 Å². The molecule has 0 radical (unpaired) electrons. The number of para-hydroxylation sites is 1. The number of rotatable bonds is 8. The lowest BCUT2D eigenvalue weighted by atomic mass is 10.1. The Morgan fingerprint density at radius 1 is 1.10 bits per heavy atom. The van der Waals surface area contributed by atoms with Gasteiger partial charge in [0.2, 0.25) is 6.79 Å². The lowest BCUT2D eigenvalue weighted by Crippen LogP contribution is -3.14. The second-order valence-electron chi connectivity index (χ2n) is 7.55. The molecule has 0 aromatic heterocycles. The van der Waals surface area contributed by atoms with Crippen LogP contribution < -0.4 is 14.4 Å². The molecule has 7 nitrogen and oxygen atoms in total. The van der Waals surface area contributed by atoms with Crippen LogP contribution in [0.2, 0.25) is 0 Å². The van der Waals surface area contributed by atoms with Gasteiger partial charge in [-0.25, -0.2) is 0 Å². The van der Waals surface area contributed by atoms with Crippen LogP contribution in [0.5, 0.6) is 11.5 Å². The van der Waals surface area contributed by atoms with Crippen LogP contribution in [0.4, 0.5) is 0 Å². The van der Waals surface area contributed by atoms with E-state index in [4.69, 9.17) is 18.9 Å². The van der Waals surface area contributed by atoms with Gasteiger partial charge in [-0.05, 0) is 11.6 Å². The predicted octanol–water partition coefficient (Wildman–Crippen LogP) is 1.05. The summed E-state index contributed by atoms with van der Waals surface area (Å²) < 4.78 is 22.3. The number of amides is 1. The maximum Gasteiger partial charge on any atom is 0.256 e. The number of nitrogens with zero attached hydrogens (tertiary/aromatic N) is 1. The molecule has 1 N–H and O–H groups in total. The van der Waals surface area contributed by atoms with E-state index in [1.54, 1.807) is 7.11 Å². The normalized spacial score (nSPS) is 17.0. The number of benzene rings is 2. The molecule has 160 valence electrons. The number of quaternary nitrogens is 1. The molecule has 4 rings (SSSR count). The summed E-state index contributed by atoms with van der Waals surface area (Å²) in [5.74, 6) is 1.40. The maximum absolute atomic E-state index is 13.5. The Hall–Kier alpha value is -2.61. The van der Waals surface area contributed by atoms with E-state index in [2.05, 4.69) is 0 Å². The Morgan fingerprint density at radius 3 is 2.67 bits per heavy atom. The van der Waals surface area contributed by atoms with Crippen LogP contribution in [0, 0.1) is 0 Å². The Balaban J connectivity index is 1.54. The summed E-state index contributed by atoms with van der Waals surface area (Å²) in [6.45, 7) is 5.62. The summed E-state index contributed by atoms with van der Waals surface area (Å²) in [6.07, 6.45) is -0.639. The maximum atomic E-state index is 13.5. The van der Waals surface area contributed by atoms with E-state index >= 15 is 0 Å². The molecule has 0 unspecified atom stereocenters. The van der Waals surface area contributed by atoms with Crippen LogP contribution in [0.1, 0.15) is 17.2 Å². The van der Waals surface area contributed by atoms with Gasteiger partial charge in [0.05, 0.1) is 26.3 Å². The molecule has 2 aliphatic rings. The zero-order valence-electron chi connectivity index (χ0n) is 17.3. The minimum Gasteiger partial charge on any atom is -0.454 e. The lowest BCUT2D eigenvalue weighted by molar-refractivity contribution is -0.907. The molecule has 1 atom stereocenters. The Morgan fingerprint density at radius 2 is 1.90 bits per heavy atom. The van der Waals surface area contributed by atoms with E-state index in [0.717, 1.165) is 55.5 Å². The van der Waals surface area contributed by atoms with E-state index in [9.17, 15) is 4.79 Å².